The maximum absolute atomic E-state index is 10.0. The third-order valence-corrected chi connectivity index (χ3v) is 1.05. The number of hydrogen-bond acceptors (Lipinski definition) is 1. The smallest absolute Gasteiger partial charge is 0.234 e. The van der Waals surface area contributed by atoms with Gasteiger partial charge in [-0.05, 0) is 18.6 Å². The van der Waals surface area contributed by atoms with Crippen molar-refractivity contribution in [1.29, 1.82) is 0 Å². The molecule has 2 radical (unpaired) electrons. The molecule has 0 saturated carbocycles. The lowest BCUT2D eigenvalue weighted by Gasteiger charge is -1.88. The Morgan fingerprint density at radius 1 is 1.56 bits per heavy atom. The van der Waals surface area contributed by atoms with Gasteiger partial charge < -0.3 is 0 Å². The largest absolute Gasteiger partial charge is 0.285 e. The minimum Gasteiger partial charge on any atom is -0.285 e. The first kappa shape index (κ1) is 6.02. The summed E-state index contributed by atoms with van der Waals surface area (Å²) in [4.78, 5) is 10.0. The Hall–Kier alpha value is -1.11. The Morgan fingerprint density at radius 3 is 2.78 bits per heavy atom. The number of aryl methyl sites for hydroxylation is 1. The predicted octanol–water partition coefficient (Wildman–Crippen LogP) is 1.25. The van der Waals surface area contributed by atoms with Crippen molar-refractivity contribution >= 4 is 6.29 Å². The van der Waals surface area contributed by atoms with Gasteiger partial charge in [0.25, 0.3) is 0 Å². The molecule has 0 aromatic heterocycles. The fourth-order valence-electron chi connectivity index (χ4n) is 0.644. The quantitative estimate of drug-likeness (QED) is 0.542. The van der Waals surface area contributed by atoms with Crippen molar-refractivity contribution in [2.24, 2.45) is 0 Å². The Kier molecular flexibility index (Phi) is 1.63. The van der Waals surface area contributed by atoms with Crippen LogP contribution < -0.4 is 0 Å². The molecule has 0 aliphatic heterocycles. The molecule has 1 aromatic carbocycles. The first-order chi connectivity index (χ1) is 4.33. The monoisotopic (exact) mass is 118 g/mol. The van der Waals surface area contributed by atoms with Crippen molar-refractivity contribution in [1.82, 2.24) is 0 Å². The highest BCUT2D eigenvalue weighted by Gasteiger charge is 1.88. The van der Waals surface area contributed by atoms with Crippen molar-refractivity contribution in [3.63, 3.8) is 0 Å². The predicted molar refractivity (Wildman–Crippen MR) is 34.8 cm³/mol. The lowest BCUT2D eigenvalue weighted by molar-refractivity contribution is 0.562. The first-order valence-corrected chi connectivity index (χ1v) is 2.70. The van der Waals surface area contributed by atoms with E-state index in [0.29, 0.717) is 5.56 Å². The van der Waals surface area contributed by atoms with E-state index in [4.69, 9.17) is 0 Å². The molecule has 0 saturated heterocycles. The average Bonchev–Trinajstić information content (AvgIpc) is 1.88. The topological polar surface area (TPSA) is 17.1 Å². The molecule has 0 atom stereocenters. The van der Waals surface area contributed by atoms with Crippen molar-refractivity contribution in [2.75, 3.05) is 0 Å². The van der Waals surface area contributed by atoms with Crippen LogP contribution in [0.25, 0.3) is 0 Å². The Bertz CT molecular complexity index is 216. The average molecular weight is 118 g/mol. The molecule has 44 valence electrons. The van der Waals surface area contributed by atoms with Crippen LogP contribution in [0.2, 0.25) is 0 Å². The Labute approximate surface area is 54.3 Å². The van der Waals surface area contributed by atoms with Crippen LogP contribution >= 0.6 is 0 Å². The van der Waals surface area contributed by atoms with E-state index in [1.54, 1.807) is 12.4 Å². The van der Waals surface area contributed by atoms with Crippen molar-refractivity contribution in [3.8, 4) is 0 Å². The lowest BCUT2D eigenvalue weighted by Crippen LogP contribution is -1.80. The summed E-state index contributed by atoms with van der Waals surface area (Å²) in [5, 5.41) is 0. The van der Waals surface area contributed by atoms with Gasteiger partial charge in [0.1, 0.15) is 0 Å². The minimum atomic E-state index is 0.495. The summed E-state index contributed by atoms with van der Waals surface area (Å²) >= 11 is 0. The van der Waals surface area contributed by atoms with Gasteiger partial charge in [-0.2, -0.15) is 0 Å². The van der Waals surface area contributed by atoms with Gasteiger partial charge in [0.15, 0.2) is 0 Å². The molecular formula is C8H6O. The number of carbonyl (C=O) groups excluding carboxylic acids is 1. The standard InChI is InChI=1S/C8H6O/c1-7-3-2-4-8(5-7)6-9/h2-4H,1H3. The molecule has 0 fully saturated rings. The molecule has 0 aliphatic rings. The fourth-order valence-corrected chi connectivity index (χ4v) is 0.644. The molecule has 9 heavy (non-hydrogen) atoms. The van der Waals surface area contributed by atoms with Crippen LogP contribution in [0.4, 0.5) is 0 Å². The molecule has 0 unspecified atom stereocenters. The van der Waals surface area contributed by atoms with Gasteiger partial charge in [-0.3, -0.25) is 4.79 Å². The highest BCUT2D eigenvalue weighted by atomic mass is 16.1. The summed E-state index contributed by atoms with van der Waals surface area (Å²) in [6, 6.07) is 8.22. The first-order valence-electron chi connectivity index (χ1n) is 2.70. The van der Waals surface area contributed by atoms with Crippen molar-refractivity contribution in [3.05, 3.63) is 35.4 Å². The zero-order chi connectivity index (χ0) is 6.69. The SMILES string of the molecule is Cc1[c]c([C]=O)ccc1. The van der Waals surface area contributed by atoms with Gasteiger partial charge >= 0.3 is 0 Å². The van der Waals surface area contributed by atoms with Gasteiger partial charge in [0.05, 0.1) is 0 Å². The highest BCUT2D eigenvalue weighted by Crippen LogP contribution is 1.98. The molecule has 0 bridgehead atoms. The van der Waals surface area contributed by atoms with E-state index in [0.717, 1.165) is 5.56 Å². The lowest BCUT2D eigenvalue weighted by atomic mass is 10.2. The summed E-state index contributed by atoms with van der Waals surface area (Å²) < 4.78 is 0. The van der Waals surface area contributed by atoms with E-state index in [2.05, 4.69) is 6.07 Å². The summed E-state index contributed by atoms with van der Waals surface area (Å²) in [6.07, 6.45) is 1.76. The molecule has 0 heterocycles. The molecule has 0 aliphatic carbocycles. The van der Waals surface area contributed by atoms with Crippen molar-refractivity contribution in [2.45, 2.75) is 6.92 Å². The van der Waals surface area contributed by atoms with Crippen LogP contribution in [0.1, 0.15) is 11.1 Å². The molecule has 0 amide bonds. The van der Waals surface area contributed by atoms with Gasteiger partial charge in [0, 0.05) is 5.56 Å². The van der Waals surface area contributed by atoms with Gasteiger partial charge in [-0.15, -0.1) is 0 Å². The van der Waals surface area contributed by atoms with Crippen LogP contribution in [0.3, 0.4) is 0 Å². The summed E-state index contributed by atoms with van der Waals surface area (Å²) in [6.45, 7) is 1.89. The van der Waals surface area contributed by atoms with E-state index >= 15 is 0 Å². The zero-order valence-electron chi connectivity index (χ0n) is 5.14. The second kappa shape index (κ2) is 2.44. The Morgan fingerprint density at radius 2 is 2.33 bits per heavy atom. The van der Waals surface area contributed by atoms with Crippen LogP contribution in [-0.2, 0) is 4.79 Å². The molecule has 0 spiro atoms. The fraction of sp³-hybridized carbons (Fsp3) is 0.125. The number of rotatable bonds is 1. The third kappa shape index (κ3) is 1.39. The minimum absolute atomic E-state index is 0.495. The van der Waals surface area contributed by atoms with Crippen LogP contribution in [0, 0.1) is 13.0 Å². The molecule has 1 heteroatoms. The highest BCUT2D eigenvalue weighted by molar-refractivity contribution is 5.74. The van der Waals surface area contributed by atoms with Gasteiger partial charge in [-0.1, -0.05) is 18.2 Å². The molecule has 1 nitrogen and oxygen atoms in total. The number of hydrogen-bond donors (Lipinski definition) is 0. The molecule has 0 N–H and O–H groups in total. The van der Waals surface area contributed by atoms with Gasteiger partial charge in [-0.25, -0.2) is 0 Å². The summed E-state index contributed by atoms with van der Waals surface area (Å²) in [7, 11) is 0. The summed E-state index contributed by atoms with van der Waals surface area (Å²) in [5.74, 6) is 0. The van der Waals surface area contributed by atoms with Crippen LogP contribution in [0.5, 0.6) is 0 Å². The maximum atomic E-state index is 10.0. The van der Waals surface area contributed by atoms with E-state index in [1.165, 1.54) is 0 Å². The van der Waals surface area contributed by atoms with Crippen LogP contribution in [-0.4, -0.2) is 6.29 Å². The molecular weight excluding hydrogens is 112 g/mol. The zero-order valence-corrected chi connectivity index (χ0v) is 5.14. The summed E-state index contributed by atoms with van der Waals surface area (Å²) in [5.41, 5.74) is 1.46. The maximum Gasteiger partial charge on any atom is 0.234 e. The second-order valence-electron chi connectivity index (χ2n) is 1.85. The van der Waals surface area contributed by atoms with E-state index < -0.39 is 0 Å². The van der Waals surface area contributed by atoms with Crippen molar-refractivity contribution < 1.29 is 4.79 Å². The van der Waals surface area contributed by atoms with E-state index in [9.17, 15) is 4.79 Å². The molecule has 1 aromatic rings. The van der Waals surface area contributed by atoms with E-state index in [1.807, 2.05) is 19.1 Å². The Balaban J connectivity index is 3.07. The van der Waals surface area contributed by atoms with E-state index in [-0.39, 0.29) is 0 Å². The second-order valence-corrected chi connectivity index (χ2v) is 1.85. The van der Waals surface area contributed by atoms with Gasteiger partial charge in [0.2, 0.25) is 6.29 Å². The molecule has 1 rings (SSSR count). The third-order valence-electron chi connectivity index (χ3n) is 1.05. The normalized spacial score (nSPS) is 9.00. The number of benzene rings is 1. The van der Waals surface area contributed by atoms with Crippen LogP contribution in [0.15, 0.2) is 18.2 Å².